The predicted octanol–water partition coefficient (Wildman–Crippen LogP) is 1.53. The van der Waals surface area contributed by atoms with Crippen LogP contribution in [0.4, 0.5) is 5.82 Å². The van der Waals surface area contributed by atoms with Crippen molar-refractivity contribution in [2.45, 2.75) is 49.2 Å². The van der Waals surface area contributed by atoms with E-state index in [2.05, 4.69) is 44.1 Å². The molecule has 40 heavy (non-hydrogen) atoms. The van der Waals surface area contributed by atoms with Crippen molar-refractivity contribution < 1.29 is 43.3 Å². The standard InChI is InChI=1S/C23H28ClN5O9P2/c24-22-26-19(28-8-7-23(10-28)6-5-13-3-1-2-4-14(13)23)16-20(27-22)29(11-25-16)21-18(31)17(30)15(38-21)9-37-40(35,36)12-39(32,33)34/h1-4,11,15,17-18,21,30-31H,5-10,12H2,(H,35,36)(H2,32,33,34)/t15-,17?,18?,21-,23?/m1/s1. The highest BCUT2D eigenvalue weighted by Gasteiger charge is 2.47. The first-order chi connectivity index (χ1) is 18.9. The van der Waals surface area contributed by atoms with Gasteiger partial charge < -0.3 is 39.1 Å². The minimum atomic E-state index is -4.83. The molecule has 0 radical (unpaired) electrons. The molecule has 3 aliphatic rings. The maximum Gasteiger partial charge on any atom is 0.340 e. The van der Waals surface area contributed by atoms with E-state index in [9.17, 15) is 24.2 Å². The minimum absolute atomic E-state index is 0.0108. The van der Waals surface area contributed by atoms with Gasteiger partial charge in [0.1, 0.15) is 18.3 Å². The number of hydrogen-bond acceptors (Lipinski definition) is 10. The second-order valence-corrected chi connectivity index (χ2v) is 14.9. The van der Waals surface area contributed by atoms with Crippen LogP contribution >= 0.6 is 26.8 Å². The smallest absolute Gasteiger partial charge is 0.340 e. The lowest BCUT2D eigenvalue weighted by Gasteiger charge is -2.26. The van der Waals surface area contributed by atoms with Crippen LogP contribution in [0.1, 0.15) is 30.2 Å². The van der Waals surface area contributed by atoms with Gasteiger partial charge in [0.15, 0.2) is 29.1 Å². The Labute approximate surface area is 233 Å². The Balaban J connectivity index is 1.24. The molecule has 216 valence electrons. The molecule has 1 aliphatic carbocycles. The van der Waals surface area contributed by atoms with E-state index < -0.39 is 52.2 Å². The van der Waals surface area contributed by atoms with Crippen molar-refractivity contribution in [2.75, 3.05) is 30.5 Å². The van der Waals surface area contributed by atoms with E-state index in [1.165, 1.54) is 22.0 Å². The van der Waals surface area contributed by atoms with Crippen LogP contribution < -0.4 is 4.90 Å². The lowest BCUT2D eigenvalue weighted by atomic mass is 9.81. The van der Waals surface area contributed by atoms with Crippen molar-refractivity contribution in [3.63, 3.8) is 0 Å². The number of aliphatic hydroxyl groups excluding tert-OH is 2. The summed E-state index contributed by atoms with van der Waals surface area (Å²) >= 11 is 6.33. The first-order valence-electron chi connectivity index (χ1n) is 12.6. The first-order valence-corrected chi connectivity index (χ1v) is 16.6. The van der Waals surface area contributed by atoms with Crippen LogP contribution in [0, 0.1) is 0 Å². The lowest BCUT2D eigenvalue weighted by molar-refractivity contribution is -0.0483. The highest BCUT2D eigenvalue weighted by atomic mass is 35.5. The van der Waals surface area contributed by atoms with E-state index >= 15 is 0 Å². The van der Waals surface area contributed by atoms with Crippen LogP contribution in [0.2, 0.25) is 5.28 Å². The molecule has 14 nitrogen and oxygen atoms in total. The van der Waals surface area contributed by atoms with E-state index in [1.807, 2.05) is 0 Å². The van der Waals surface area contributed by atoms with Gasteiger partial charge in [-0.15, -0.1) is 0 Å². The van der Waals surface area contributed by atoms with Gasteiger partial charge in [0, 0.05) is 18.5 Å². The molecule has 5 N–H and O–H groups in total. The normalized spacial score (nSPS) is 29.9. The second-order valence-electron chi connectivity index (χ2n) is 10.5. The molecule has 3 aromatic rings. The lowest BCUT2D eigenvalue weighted by Crippen LogP contribution is -2.33. The summed E-state index contributed by atoms with van der Waals surface area (Å²) in [5.74, 6) is -0.843. The highest BCUT2D eigenvalue weighted by molar-refractivity contribution is 7.70. The molecule has 0 saturated carbocycles. The summed E-state index contributed by atoms with van der Waals surface area (Å²) in [7, 11) is -9.52. The Morgan fingerprint density at radius 1 is 1.12 bits per heavy atom. The number of ether oxygens (including phenoxy) is 1. The number of aliphatic hydroxyl groups is 2. The Morgan fingerprint density at radius 3 is 2.67 bits per heavy atom. The molecule has 6 atom stereocenters. The Hall–Kier alpha value is -1.96. The summed E-state index contributed by atoms with van der Waals surface area (Å²) in [5, 5.41) is 21.2. The second kappa shape index (κ2) is 10.1. The zero-order valence-corrected chi connectivity index (χ0v) is 23.6. The third-order valence-electron chi connectivity index (χ3n) is 7.91. The summed E-state index contributed by atoms with van der Waals surface area (Å²) in [6, 6.07) is 8.48. The summed E-state index contributed by atoms with van der Waals surface area (Å²) in [6.45, 7) is 0.767. The molecule has 2 aliphatic heterocycles. The molecular weight excluding hydrogens is 588 g/mol. The van der Waals surface area contributed by atoms with Crippen molar-refractivity contribution in [3.8, 4) is 0 Å². The van der Waals surface area contributed by atoms with E-state index in [0.29, 0.717) is 11.3 Å². The molecule has 1 spiro atoms. The molecule has 4 unspecified atom stereocenters. The van der Waals surface area contributed by atoms with Crippen LogP contribution in [0.15, 0.2) is 30.6 Å². The molecular formula is C23H28ClN5O9P2. The number of anilines is 1. The largest absolute Gasteiger partial charge is 0.387 e. The average Bonchev–Trinajstić information content (AvgIpc) is 3.64. The summed E-state index contributed by atoms with van der Waals surface area (Å²) in [4.78, 5) is 43.1. The molecule has 0 bridgehead atoms. The van der Waals surface area contributed by atoms with Crippen molar-refractivity contribution in [1.82, 2.24) is 19.5 Å². The summed E-state index contributed by atoms with van der Waals surface area (Å²) in [6.07, 6.45) is -1.16. The first kappa shape index (κ1) is 28.2. The molecule has 2 saturated heterocycles. The van der Waals surface area contributed by atoms with Crippen molar-refractivity contribution in [1.29, 1.82) is 0 Å². The van der Waals surface area contributed by atoms with Crippen LogP contribution in [-0.4, -0.2) is 88.3 Å². The average molecular weight is 616 g/mol. The van der Waals surface area contributed by atoms with Gasteiger partial charge in [-0.25, -0.2) is 4.98 Å². The number of aryl methyl sites for hydroxylation is 1. The van der Waals surface area contributed by atoms with Gasteiger partial charge in [0.25, 0.3) is 0 Å². The SMILES string of the molecule is O=P(O)(O)CP(=O)(O)OC[C@H]1O[C@@H](n2cnc3c(N4CCC5(CCc6ccccc65)C4)nc(Cl)nc32)C(O)C1O. The van der Waals surface area contributed by atoms with Crippen molar-refractivity contribution in [3.05, 3.63) is 47.0 Å². The zero-order chi connectivity index (χ0) is 28.4. The third-order valence-corrected chi connectivity index (χ3v) is 11.5. The molecule has 1 aromatic carbocycles. The van der Waals surface area contributed by atoms with Gasteiger partial charge >= 0.3 is 15.2 Å². The fourth-order valence-corrected chi connectivity index (χ4v) is 8.81. The van der Waals surface area contributed by atoms with E-state index in [1.54, 1.807) is 0 Å². The maximum atomic E-state index is 12.0. The Kier molecular flexibility index (Phi) is 7.11. The van der Waals surface area contributed by atoms with Crippen LogP contribution in [0.5, 0.6) is 0 Å². The number of nitrogens with zero attached hydrogens (tertiary/aromatic N) is 5. The fourth-order valence-electron chi connectivity index (χ4n) is 6.08. The van der Waals surface area contributed by atoms with Crippen molar-refractivity contribution in [2.24, 2.45) is 0 Å². The number of rotatable bonds is 7. The number of halogens is 1. The van der Waals surface area contributed by atoms with Gasteiger partial charge in [0.2, 0.25) is 5.28 Å². The van der Waals surface area contributed by atoms with Crippen molar-refractivity contribution >= 4 is 43.8 Å². The van der Waals surface area contributed by atoms with Gasteiger partial charge in [-0.05, 0) is 42.0 Å². The molecule has 17 heteroatoms. The van der Waals surface area contributed by atoms with E-state index in [0.717, 1.165) is 32.4 Å². The number of benzene rings is 1. The molecule has 6 rings (SSSR count). The number of hydrogen-bond donors (Lipinski definition) is 5. The molecule has 4 heterocycles. The quantitative estimate of drug-likeness (QED) is 0.189. The fraction of sp³-hybridized carbons (Fsp3) is 0.522. The Bertz CT molecular complexity index is 1550. The van der Waals surface area contributed by atoms with Gasteiger partial charge in [-0.1, -0.05) is 24.3 Å². The summed E-state index contributed by atoms with van der Waals surface area (Å²) in [5.41, 5.74) is 3.42. The minimum Gasteiger partial charge on any atom is -0.387 e. The van der Waals surface area contributed by atoms with Gasteiger partial charge in [-0.3, -0.25) is 13.7 Å². The highest BCUT2D eigenvalue weighted by Crippen LogP contribution is 2.55. The summed E-state index contributed by atoms with van der Waals surface area (Å²) < 4.78 is 35.0. The Morgan fingerprint density at radius 2 is 1.90 bits per heavy atom. The van der Waals surface area contributed by atoms with Crippen LogP contribution in [0.3, 0.4) is 0 Å². The number of imidazole rings is 1. The topological polar surface area (TPSA) is 201 Å². The third kappa shape index (κ3) is 5.11. The number of fused-ring (bicyclic) bond motifs is 3. The molecule has 2 fully saturated rings. The molecule has 0 amide bonds. The number of aromatic nitrogens is 4. The van der Waals surface area contributed by atoms with Crippen LogP contribution in [0.25, 0.3) is 11.2 Å². The van der Waals surface area contributed by atoms with Gasteiger partial charge in [-0.2, -0.15) is 9.97 Å². The van der Waals surface area contributed by atoms with Crippen LogP contribution in [-0.2, 0) is 30.2 Å². The van der Waals surface area contributed by atoms with Gasteiger partial charge in [0.05, 0.1) is 12.9 Å². The van der Waals surface area contributed by atoms with E-state index in [-0.39, 0.29) is 16.3 Å². The molecule has 2 aromatic heterocycles. The predicted molar refractivity (Wildman–Crippen MR) is 142 cm³/mol. The zero-order valence-electron chi connectivity index (χ0n) is 21.0. The van der Waals surface area contributed by atoms with E-state index in [4.69, 9.17) is 30.6 Å². The monoisotopic (exact) mass is 615 g/mol. The maximum absolute atomic E-state index is 12.0.